The number of aromatic nitrogens is 2. The molecular formula is C18H25N3OS. The van der Waals surface area contributed by atoms with Crippen LogP contribution in [0.5, 0.6) is 0 Å². The van der Waals surface area contributed by atoms with Gasteiger partial charge in [-0.3, -0.25) is 4.79 Å². The van der Waals surface area contributed by atoms with Gasteiger partial charge in [0, 0.05) is 25.0 Å². The molecule has 1 amide bonds. The Morgan fingerprint density at radius 2 is 1.91 bits per heavy atom. The van der Waals surface area contributed by atoms with E-state index < -0.39 is 0 Å². The molecular weight excluding hydrogens is 306 g/mol. The highest BCUT2D eigenvalue weighted by atomic mass is 32.2. The van der Waals surface area contributed by atoms with E-state index in [9.17, 15) is 4.79 Å². The molecule has 4 nitrogen and oxygen atoms in total. The van der Waals surface area contributed by atoms with Crippen LogP contribution in [0.15, 0.2) is 35.5 Å². The number of carbonyl (C=O) groups excluding carboxylic acids is 1. The second kappa shape index (κ2) is 7.68. The summed E-state index contributed by atoms with van der Waals surface area (Å²) in [4.78, 5) is 18.7. The van der Waals surface area contributed by atoms with Crippen molar-refractivity contribution in [3.63, 3.8) is 0 Å². The molecule has 0 spiro atoms. The van der Waals surface area contributed by atoms with Crippen molar-refractivity contribution in [2.75, 3.05) is 17.7 Å². The van der Waals surface area contributed by atoms with Crippen LogP contribution in [0.4, 0.5) is 5.69 Å². The third kappa shape index (κ3) is 4.38. The summed E-state index contributed by atoms with van der Waals surface area (Å²) in [7, 11) is 1.81. The van der Waals surface area contributed by atoms with Gasteiger partial charge in [-0.25, -0.2) is 4.98 Å². The van der Waals surface area contributed by atoms with E-state index >= 15 is 0 Å². The van der Waals surface area contributed by atoms with Crippen LogP contribution in [-0.2, 0) is 11.3 Å². The molecule has 0 aliphatic heterocycles. The van der Waals surface area contributed by atoms with Crippen molar-refractivity contribution >= 4 is 23.4 Å². The van der Waals surface area contributed by atoms with E-state index in [-0.39, 0.29) is 5.91 Å². The van der Waals surface area contributed by atoms with Gasteiger partial charge in [-0.15, -0.1) is 0 Å². The monoisotopic (exact) mass is 331 g/mol. The minimum Gasteiger partial charge on any atom is -0.323 e. The van der Waals surface area contributed by atoms with E-state index in [1.807, 2.05) is 44.3 Å². The first kappa shape index (κ1) is 17.6. The molecule has 0 radical (unpaired) electrons. The van der Waals surface area contributed by atoms with Gasteiger partial charge in [0.15, 0.2) is 5.16 Å². The Balaban J connectivity index is 2.06. The average molecular weight is 331 g/mol. The smallest absolute Gasteiger partial charge is 0.237 e. The number of hydrogen-bond acceptors (Lipinski definition) is 3. The van der Waals surface area contributed by atoms with E-state index in [4.69, 9.17) is 0 Å². The second-order valence-corrected chi connectivity index (χ2v) is 7.09. The van der Waals surface area contributed by atoms with E-state index in [1.165, 1.54) is 17.5 Å². The molecule has 0 N–H and O–H groups in total. The predicted octanol–water partition coefficient (Wildman–Crippen LogP) is 3.91. The molecule has 1 aromatic carbocycles. The Hall–Kier alpha value is -1.75. The van der Waals surface area contributed by atoms with Crippen molar-refractivity contribution in [3.05, 3.63) is 41.7 Å². The number of benzene rings is 1. The number of thioether (sulfide) groups is 1. The predicted molar refractivity (Wildman–Crippen MR) is 97.1 cm³/mol. The van der Waals surface area contributed by atoms with Crippen molar-refractivity contribution in [2.24, 2.45) is 5.92 Å². The minimum absolute atomic E-state index is 0.0793. The van der Waals surface area contributed by atoms with Crippen molar-refractivity contribution in [1.82, 2.24) is 9.55 Å². The van der Waals surface area contributed by atoms with Crippen LogP contribution in [0.2, 0.25) is 0 Å². The summed E-state index contributed by atoms with van der Waals surface area (Å²) in [6.07, 6.45) is 0. The first-order valence-electron chi connectivity index (χ1n) is 7.88. The van der Waals surface area contributed by atoms with Gasteiger partial charge in [-0.2, -0.15) is 0 Å². The topological polar surface area (TPSA) is 38.1 Å². The summed E-state index contributed by atoms with van der Waals surface area (Å²) in [5.41, 5.74) is 3.14. The van der Waals surface area contributed by atoms with E-state index in [0.29, 0.717) is 11.7 Å². The van der Waals surface area contributed by atoms with Gasteiger partial charge in [-0.05, 0) is 31.9 Å². The highest BCUT2D eigenvalue weighted by Crippen LogP contribution is 2.23. The normalized spacial score (nSPS) is 11.0. The third-order valence-electron chi connectivity index (χ3n) is 3.81. The minimum atomic E-state index is 0.0793. The Kier molecular flexibility index (Phi) is 5.88. The second-order valence-electron chi connectivity index (χ2n) is 6.15. The van der Waals surface area contributed by atoms with Crippen molar-refractivity contribution in [3.8, 4) is 0 Å². The van der Waals surface area contributed by atoms with E-state index in [1.54, 1.807) is 4.90 Å². The van der Waals surface area contributed by atoms with Crippen molar-refractivity contribution in [2.45, 2.75) is 39.4 Å². The van der Waals surface area contributed by atoms with Crippen LogP contribution in [0.25, 0.3) is 0 Å². The molecule has 1 heterocycles. The van der Waals surface area contributed by atoms with Gasteiger partial charge in [0.05, 0.1) is 11.4 Å². The molecule has 2 rings (SSSR count). The highest BCUT2D eigenvalue weighted by Gasteiger charge is 2.16. The molecule has 5 heteroatoms. The van der Waals surface area contributed by atoms with Gasteiger partial charge in [-0.1, -0.05) is 43.8 Å². The molecule has 124 valence electrons. The number of amides is 1. The molecule has 0 atom stereocenters. The number of anilines is 1. The summed E-state index contributed by atoms with van der Waals surface area (Å²) in [6.45, 7) is 9.42. The molecule has 0 aliphatic rings. The zero-order valence-corrected chi connectivity index (χ0v) is 15.4. The Morgan fingerprint density at radius 3 is 2.52 bits per heavy atom. The quantitative estimate of drug-likeness (QED) is 0.753. The lowest BCUT2D eigenvalue weighted by atomic mass is 10.2. The van der Waals surface area contributed by atoms with Gasteiger partial charge < -0.3 is 9.47 Å². The Bertz CT molecular complexity index is 664. The van der Waals surface area contributed by atoms with Gasteiger partial charge in [0.2, 0.25) is 5.91 Å². The molecule has 23 heavy (non-hydrogen) atoms. The number of rotatable bonds is 6. The molecule has 1 aromatic heterocycles. The fraction of sp³-hybridized carbons (Fsp3) is 0.444. The number of para-hydroxylation sites is 1. The number of nitrogens with zero attached hydrogens (tertiary/aromatic N) is 3. The largest absolute Gasteiger partial charge is 0.323 e. The van der Waals surface area contributed by atoms with Crippen molar-refractivity contribution < 1.29 is 4.79 Å². The third-order valence-corrected chi connectivity index (χ3v) is 4.77. The van der Waals surface area contributed by atoms with Gasteiger partial charge in [0.1, 0.15) is 0 Å². The Labute approximate surface area is 142 Å². The zero-order chi connectivity index (χ0) is 17.0. The standard InChI is InChI=1S/C18H25N3OS/c1-13(2)11-21-15(4)14(3)19-18(21)23-12-17(22)20(5)16-9-7-6-8-10-16/h6-10,13H,11-12H2,1-5H3. The first-order chi connectivity index (χ1) is 10.9. The first-order valence-corrected chi connectivity index (χ1v) is 8.86. The van der Waals surface area contributed by atoms with Gasteiger partial charge >= 0.3 is 0 Å². The van der Waals surface area contributed by atoms with Crippen LogP contribution in [0.1, 0.15) is 25.2 Å². The summed E-state index contributed by atoms with van der Waals surface area (Å²) in [5.74, 6) is 1.01. The maximum absolute atomic E-state index is 12.4. The van der Waals surface area contributed by atoms with Gasteiger partial charge in [0.25, 0.3) is 0 Å². The highest BCUT2D eigenvalue weighted by molar-refractivity contribution is 7.99. The van der Waals surface area contributed by atoms with Crippen LogP contribution >= 0.6 is 11.8 Å². The lowest BCUT2D eigenvalue weighted by Crippen LogP contribution is -2.28. The molecule has 0 unspecified atom stereocenters. The molecule has 0 saturated heterocycles. The Morgan fingerprint density at radius 1 is 1.26 bits per heavy atom. The fourth-order valence-corrected chi connectivity index (χ4v) is 3.35. The number of hydrogen-bond donors (Lipinski definition) is 0. The van der Waals surface area contributed by atoms with Crippen LogP contribution in [0.3, 0.4) is 0 Å². The lowest BCUT2D eigenvalue weighted by Gasteiger charge is -2.17. The molecule has 0 aliphatic carbocycles. The van der Waals surface area contributed by atoms with E-state index in [0.717, 1.165) is 23.1 Å². The molecule has 2 aromatic rings. The zero-order valence-electron chi connectivity index (χ0n) is 14.5. The summed E-state index contributed by atoms with van der Waals surface area (Å²) in [6, 6.07) is 9.71. The number of carbonyl (C=O) groups is 1. The number of imidazole rings is 1. The number of aryl methyl sites for hydroxylation is 1. The summed E-state index contributed by atoms with van der Waals surface area (Å²) < 4.78 is 2.22. The van der Waals surface area contributed by atoms with Crippen molar-refractivity contribution in [1.29, 1.82) is 0 Å². The summed E-state index contributed by atoms with van der Waals surface area (Å²) >= 11 is 1.52. The molecule has 0 fully saturated rings. The maximum Gasteiger partial charge on any atom is 0.237 e. The van der Waals surface area contributed by atoms with Crippen LogP contribution < -0.4 is 4.90 Å². The van der Waals surface area contributed by atoms with Crippen LogP contribution in [-0.4, -0.2) is 28.3 Å². The maximum atomic E-state index is 12.4. The molecule has 0 saturated carbocycles. The van der Waals surface area contributed by atoms with Crippen LogP contribution in [0, 0.1) is 19.8 Å². The van der Waals surface area contributed by atoms with E-state index in [2.05, 4.69) is 30.3 Å². The fourth-order valence-electron chi connectivity index (χ4n) is 2.33. The average Bonchev–Trinajstić information content (AvgIpc) is 2.80. The lowest BCUT2D eigenvalue weighted by molar-refractivity contribution is -0.115. The molecule has 0 bridgehead atoms. The SMILES string of the molecule is Cc1nc(SCC(=O)N(C)c2ccccc2)n(CC(C)C)c1C. The summed E-state index contributed by atoms with van der Waals surface area (Å²) in [5, 5.41) is 0.934.